The van der Waals surface area contributed by atoms with Gasteiger partial charge in [0.05, 0.1) is 24.3 Å². The topological polar surface area (TPSA) is 46.3 Å². The van der Waals surface area contributed by atoms with Crippen molar-refractivity contribution in [3.8, 4) is 11.3 Å². The Morgan fingerprint density at radius 2 is 2.12 bits per heavy atom. The number of halogens is 1. The van der Waals surface area contributed by atoms with E-state index in [0.717, 1.165) is 21.4 Å². The van der Waals surface area contributed by atoms with E-state index in [1.54, 1.807) is 36.4 Å². The molecule has 0 atom stereocenters. The number of thiazole rings is 1. The number of rotatable bonds is 6. The Labute approximate surface area is 147 Å². The van der Waals surface area contributed by atoms with Crippen molar-refractivity contribution in [3.05, 3.63) is 59.6 Å². The third-order valence-electron chi connectivity index (χ3n) is 3.34. The van der Waals surface area contributed by atoms with Crippen LogP contribution in [-0.2, 0) is 11.3 Å². The molecule has 1 amide bonds. The molecule has 24 heavy (non-hydrogen) atoms. The van der Waals surface area contributed by atoms with Crippen LogP contribution in [-0.4, -0.2) is 28.6 Å². The van der Waals surface area contributed by atoms with Crippen LogP contribution in [0.2, 0.25) is 0 Å². The summed E-state index contributed by atoms with van der Waals surface area (Å²) >= 11 is 2.88. The molecular formula is C17H15FN2O2S2. The van der Waals surface area contributed by atoms with Crippen LogP contribution in [0.4, 0.5) is 4.39 Å². The number of aromatic nitrogens is 1. The van der Waals surface area contributed by atoms with Crippen LogP contribution in [0.25, 0.3) is 11.3 Å². The third-order valence-corrected chi connectivity index (χ3v) is 5.35. The SMILES string of the molecule is CN(Cc1ccco1)C(=O)CSc1nc(-c2ccc(F)cc2)cs1. The van der Waals surface area contributed by atoms with Crippen molar-refractivity contribution in [2.75, 3.05) is 12.8 Å². The molecule has 0 aliphatic heterocycles. The maximum Gasteiger partial charge on any atom is 0.233 e. The zero-order valence-electron chi connectivity index (χ0n) is 12.9. The highest BCUT2D eigenvalue weighted by Gasteiger charge is 2.13. The Morgan fingerprint density at radius 1 is 1.33 bits per heavy atom. The summed E-state index contributed by atoms with van der Waals surface area (Å²) in [4.78, 5) is 18.3. The molecule has 1 aromatic carbocycles. The van der Waals surface area contributed by atoms with Gasteiger partial charge in [-0.15, -0.1) is 11.3 Å². The average molecular weight is 362 g/mol. The van der Waals surface area contributed by atoms with Gasteiger partial charge in [0.2, 0.25) is 5.91 Å². The van der Waals surface area contributed by atoms with Gasteiger partial charge in [0.1, 0.15) is 11.6 Å². The first-order valence-corrected chi connectivity index (χ1v) is 9.09. The van der Waals surface area contributed by atoms with Gasteiger partial charge in [0.15, 0.2) is 4.34 Å². The standard InChI is InChI=1S/C17H15FN2O2S2/c1-20(9-14-3-2-8-22-14)16(21)11-24-17-19-15(10-23-17)12-4-6-13(18)7-5-12/h2-8,10H,9,11H2,1H3. The minimum absolute atomic E-state index is 0.00920. The van der Waals surface area contributed by atoms with E-state index in [4.69, 9.17) is 4.42 Å². The fourth-order valence-corrected chi connectivity index (χ4v) is 3.81. The monoisotopic (exact) mass is 362 g/mol. The fourth-order valence-electron chi connectivity index (χ4n) is 2.03. The molecule has 3 rings (SSSR count). The molecule has 0 bridgehead atoms. The molecule has 0 fully saturated rings. The van der Waals surface area contributed by atoms with Crippen molar-refractivity contribution < 1.29 is 13.6 Å². The Kier molecular flexibility index (Phi) is 5.32. The van der Waals surface area contributed by atoms with Crippen LogP contribution in [0.1, 0.15) is 5.76 Å². The first-order valence-electron chi connectivity index (χ1n) is 7.22. The largest absolute Gasteiger partial charge is 0.467 e. The van der Waals surface area contributed by atoms with Crippen molar-refractivity contribution in [2.45, 2.75) is 10.9 Å². The van der Waals surface area contributed by atoms with E-state index < -0.39 is 0 Å². The first-order chi connectivity index (χ1) is 11.6. The highest BCUT2D eigenvalue weighted by molar-refractivity contribution is 8.01. The van der Waals surface area contributed by atoms with Gasteiger partial charge in [-0.1, -0.05) is 11.8 Å². The number of hydrogen-bond donors (Lipinski definition) is 0. The van der Waals surface area contributed by atoms with Crippen molar-refractivity contribution >= 4 is 29.0 Å². The second kappa shape index (κ2) is 7.63. The van der Waals surface area contributed by atoms with Crippen molar-refractivity contribution in [1.29, 1.82) is 0 Å². The molecule has 2 aromatic heterocycles. The summed E-state index contributed by atoms with van der Waals surface area (Å²) in [5.41, 5.74) is 1.65. The lowest BCUT2D eigenvalue weighted by atomic mass is 10.2. The molecule has 3 aromatic rings. The van der Waals surface area contributed by atoms with Gasteiger partial charge < -0.3 is 9.32 Å². The molecule has 124 valence electrons. The lowest BCUT2D eigenvalue weighted by Crippen LogP contribution is -2.27. The minimum atomic E-state index is -0.270. The van der Waals surface area contributed by atoms with Gasteiger partial charge >= 0.3 is 0 Å². The predicted molar refractivity (Wildman–Crippen MR) is 93.4 cm³/mol. The Hall–Kier alpha value is -2.12. The van der Waals surface area contributed by atoms with Gasteiger partial charge in [0, 0.05) is 18.0 Å². The smallest absolute Gasteiger partial charge is 0.233 e. The molecule has 4 nitrogen and oxygen atoms in total. The van der Waals surface area contributed by atoms with Gasteiger partial charge in [0.25, 0.3) is 0 Å². The quantitative estimate of drug-likeness (QED) is 0.614. The van der Waals surface area contributed by atoms with Crippen LogP contribution in [0.3, 0.4) is 0 Å². The van der Waals surface area contributed by atoms with Crippen LogP contribution >= 0.6 is 23.1 Å². The van der Waals surface area contributed by atoms with E-state index in [1.165, 1.54) is 35.2 Å². The minimum Gasteiger partial charge on any atom is -0.467 e. The van der Waals surface area contributed by atoms with Crippen LogP contribution in [0.15, 0.2) is 56.8 Å². The number of furan rings is 1. The molecule has 0 saturated carbocycles. The van der Waals surface area contributed by atoms with Crippen LogP contribution in [0, 0.1) is 5.82 Å². The molecule has 7 heteroatoms. The van der Waals surface area contributed by atoms with Gasteiger partial charge in [-0.3, -0.25) is 4.79 Å². The highest BCUT2D eigenvalue weighted by atomic mass is 32.2. The lowest BCUT2D eigenvalue weighted by molar-refractivity contribution is -0.127. The van der Waals surface area contributed by atoms with Gasteiger partial charge in [-0.25, -0.2) is 9.37 Å². The normalized spacial score (nSPS) is 10.8. The molecule has 0 N–H and O–H groups in total. The number of nitrogens with zero attached hydrogens (tertiary/aromatic N) is 2. The summed E-state index contributed by atoms with van der Waals surface area (Å²) in [5.74, 6) is 0.806. The van der Waals surface area contributed by atoms with Crippen LogP contribution < -0.4 is 0 Å². The summed E-state index contributed by atoms with van der Waals surface area (Å²) in [5, 5.41) is 1.91. The third kappa shape index (κ3) is 4.24. The zero-order chi connectivity index (χ0) is 16.9. The lowest BCUT2D eigenvalue weighted by Gasteiger charge is -2.14. The summed E-state index contributed by atoms with van der Waals surface area (Å²) in [6.45, 7) is 0.449. The Morgan fingerprint density at radius 3 is 2.83 bits per heavy atom. The Bertz CT molecular complexity index is 800. The second-order valence-corrected chi connectivity index (χ2v) is 7.20. The van der Waals surface area contributed by atoms with Gasteiger partial charge in [-0.05, 0) is 36.4 Å². The zero-order valence-corrected chi connectivity index (χ0v) is 14.6. The highest BCUT2D eigenvalue weighted by Crippen LogP contribution is 2.28. The van der Waals surface area contributed by atoms with Crippen molar-refractivity contribution in [3.63, 3.8) is 0 Å². The molecule has 0 spiro atoms. The molecule has 0 radical (unpaired) electrons. The second-order valence-electron chi connectivity index (χ2n) is 5.12. The number of thioether (sulfide) groups is 1. The summed E-state index contributed by atoms with van der Waals surface area (Å²) in [7, 11) is 1.75. The van der Waals surface area contributed by atoms with E-state index >= 15 is 0 Å². The number of carbonyl (C=O) groups excluding carboxylic acids is 1. The fraction of sp³-hybridized carbons (Fsp3) is 0.176. The van der Waals surface area contributed by atoms with Crippen molar-refractivity contribution in [2.24, 2.45) is 0 Å². The average Bonchev–Trinajstić information content (AvgIpc) is 3.25. The summed E-state index contributed by atoms with van der Waals surface area (Å²) < 4.78 is 19.0. The molecule has 0 unspecified atom stereocenters. The van der Waals surface area contributed by atoms with Gasteiger partial charge in [-0.2, -0.15) is 0 Å². The maximum absolute atomic E-state index is 13.0. The number of amides is 1. The van der Waals surface area contributed by atoms with E-state index in [1.807, 2.05) is 11.4 Å². The molecule has 0 aliphatic carbocycles. The van der Waals surface area contributed by atoms with E-state index in [2.05, 4.69) is 4.98 Å². The van der Waals surface area contributed by atoms with Crippen LogP contribution in [0.5, 0.6) is 0 Å². The number of carbonyl (C=O) groups is 1. The number of benzene rings is 1. The predicted octanol–water partition coefficient (Wildman–Crippen LogP) is 4.29. The van der Waals surface area contributed by atoms with E-state index in [-0.39, 0.29) is 11.7 Å². The van der Waals surface area contributed by atoms with E-state index in [0.29, 0.717) is 12.3 Å². The Balaban J connectivity index is 1.55. The summed E-state index contributed by atoms with van der Waals surface area (Å²) in [6, 6.07) is 9.85. The molecule has 2 heterocycles. The molecule has 0 aliphatic rings. The van der Waals surface area contributed by atoms with Crippen molar-refractivity contribution in [1.82, 2.24) is 9.88 Å². The molecular weight excluding hydrogens is 347 g/mol. The van der Waals surface area contributed by atoms with E-state index in [9.17, 15) is 9.18 Å². The maximum atomic E-state index is 13.0. The molecule has 0 saturated heterocycles. The first kappa shape index (κ1) is 16.7. The number of hydrogen-bond acceptors (Lipinski definition) is 5. The summed E-state index contributed by atoms with van der Waals surface area (Å²) in [6.07, 6.45) is 1.59.